The maximum atomic E-state index is 12.0. The van der Waals surface area contributed by atoms with Crippen LogP contribution in [0.5, 0.6) is 0 Å². The van der Waals surface area contributed by atoms with E-state index in [9.17, 15) is 4.79 Å². The summed E-state index contributed by atoms with van der Waals surface area (Å²) in [6.45, 7) is 8.27. The lowest BCUT2D eigenvalue weighted by Crippen LogP contribution is -2.40. The molecule has 148 valence electrons. The van der Waals surface area contributed by atoms with Gasteiger partial charge in [-0.15, -0.1) is 35.3 Å². The minimum atomic E-state index is 0. The molecule has 0 aromatic carbocycles. The fourth-order valence-corrected chi connectivity index (χ4v) is 3.84. The lowest BCUT2D eigenvalue weighted by Gasteiger charge is -2.13. The highest BCUT2D eigenvalue weighted by atomic mass is 127. The van der Waals surface area contributed by atoms with Gasteiger partial charge in [-0.3, -0.25) is 9.79 Å². The normalized spacial score (nSPS) is 14.8. The number of amides is 1. The predicted octanol–water partition coefficient (Wildman–Crippen LogP) is 2.92. The van der Waals surface area contributed by atoms with Crippen LogP contribution in [-0.4, -0.2) is 42.5 Å². The molecule has 0 atom stereocenters. The average Bonchev–Trinajstić information content (AvgIpc) is 3.17. The van der Waals surface area contributed by atoms with E-state index in [0.717, 1.165) is 42.5 Å². The summed E-state index contributed by atoms with van der Waals surface area (Å²) in [6, 6.07) is 0.389. The Kier molecular flexibility index (Phi) is 11.1. The van der Waals surface area contributed by atoms with Gasteiger partial charge in [-0.2, -0.15) is 0 Å². The molecule has 1 saturated carbocycles. The molecule has 0 radical (unpaired) electrons. The topological polar surface area (TPSA) is 78.4 Å². The third kappa shape index (κ3) is 8.20. The van der Waals surface area contributed by atoms with Gasteiger partial charge in [-0.05, 0) is 33.6 Å². The highest BCUT2D eigenvalue weighted by Crippen LogP contribution is 2.17. The molecular formula is C18H32IN5OS. The van der Waals surface area contributed by atoms with Crippen LogP contribution in [0.25, 0.3) is 0 Å². The molecule has 1 fully saturated rings. The molecule has 3 N–H and O–H groups in total. The Morgan fingerprint density at radius 1 is 1.27 bits per heavy atom. The second-order valence-electron chi connectivity index (χ2n) is 6.49. The molecule has 1 amide bonds. The zero-order valence-corrected chi connectivity index (χ0v) is 19.2. The highest BCUT2D eigenvalue weighted by molar-refractivity contribution is 14.0. The summed E-state index contributed by atoms with van der Waals surface area (Å²) < 4.78 is 0. The maximum Gasteiger partial charge on any atom is 0.221 e. The zero-order chi connectivity index (χ0) is 18.1. The number of carbonyl (C=O) groups is 1. The second-order valence-corrected chi connectivity index (χ2v) is 7.77. The summed E-state index contributed by atoms with van der Waals surface area (Å²) in [5.41, 5.74) is 1.11. The van der Waals surface area contributed by atoms with E-state index in [4.69, 9.17) is 0 Å². The number of nitrogens with zero attached hydrogens (tertiary/aromatic N) is 2. The number of thiazole rings is 1. The van der Waals surface area contributed by atoms with Crippen molar-refractivity contribution in [2.24, 2.45) is 4.99 Å². The SMILES string of the molecule is CCNC(=NCCc1nc(C)c(C)s1)NCCC(=O)NC1CCCC1.I. The number of nitrogens with one attached hydrogen (secondary N) is 3. The van der Waals surface area contributed by atoms with Crippen LogP contribution in [-0.2, 0) is 11.2 Å². The quantitative estimate of drug-likeness (QED) is 0.296. The Labute approximate surface area is 178 Å². The Bertz CT molecular complexity index is 565. The molecule has 0 unspecified atom stereocenters. The van der Waals surface area contributed by atoms with E-state index in [1.807, 2.05) is 13.8 Å². The monoisotopic (exact) mass is 493 g/mol. The average molecular weight is 493 g/mol. The Morgan fingerprint density at radius 2 is 2.00 bits per heavy atom. The molecule has 1 aromatic rings. The van der Waals surface area contributed by atoms with Crippen LogP contribution in [0, 0.1) is 13.8 Å². The maximum absolute atomic E-state index is 12.0. The van der Waals surface area contributed by atoms with Gasteiger partial charge < -0.3 is 16.0 Å². The summed E-state index contributed by atoms with van der Waals surface area (Å²) >= 11 is 1.74. The van der Waals surface area contributed by atoms with Crippen LogP contribution in [0.3, 0.4) is 0 Å². The molecule has 1 aromatic heterocycles. The van der Waals surface area contributed by atoms with E-state index in [2.05, 4.69) is 32.9 Å². The summed E-state index contributed by atoms with van der Waals surface area (Å²) in [5, 5.41) is 10.7. The largest absolute Gasteiger partial charge is 0.357 e. The van der Waals surface area contributed by atoms with E-state index in [-0.39, 0.29) is 29.9 Å². The molecule has 0 spiro atoms. The van der Waals surface area contributed by atoms with Gasteiger partial charge in [0.25, 0.3) is 0 Å². The number of hydrogen-bond donors (Lipinski definition) is 3. The zero-order valence-electron chi connectivity index (χ0n) is 16.1. The number of aliphatic imine (C=N–C) groups is 1. The molecule has 0 aliphatic heterocycles. The first-order valence-corrected chi connectivity index (χ1v) is 10.1. The first kappa shape index (κ1) is 23.1. The number of guanidine groups is 1. The number of carbonyl (C=O) groups excluding carboxylic acids is 1. The van der Waals surface area contributed by atoms with Gasteiger partial charge in [0.15, 0.2) is 5.96 Å². The van der Waals surface area contributed by atoms with E-state index in [1.165, 1.54) is 17.7 Å². The molecule has 0 saturated heterocycles. The van der Waals surface area contributed by atoms with E-state index < -0.39 is 0 Å². The van der Waals surface area contributed by atoms with E-state index in [0.29, 0.717) is 25.6 Å². The minimum Gasteiger partial charge on any atom is -0.357 e. The Morgan fingerprint density at radius 3 is 2.62 bits per heavy atom. The van der Waals surface area contributed by atoms with Crippen LogP contribution in [0.2, 0.25) is 0 Å². The van der Waals surface area contributed by atoms with Gasteiger partial charge in [0.05, 0.1) is 10.7 Å². The fourth-order valence-electron chi connectivity index (χ4n) is 2.92. The van der Waals surface area contributed by atoms with Crippen molar-refractivity contribution < 1.29 is 4.79 Å². The van der Waals surface area contributed by atoms with Crippen LogP contribution in [0.15, 0.2) is 4.99 Å². The molecule has 1 aliphatic carbocycles. The van der Waals surface area contributed by atoms with Gasteiger partial charge in [-0.25, -0.2) is 4.98 Å². The van der Waals surface area contributed by atoms with Crippen LogP contribution in [0.1, 0.15) is 54.6 Å². The Balaban J connectivity index is 0.00000338. The van der Waals surface area contributed by atoms with Crippen LogP contribution < -0.4 is 16.0 Å². The first-order valence-electron chi connectivity index (χ1n) is 9.33. The summed E-state index contributed by atoms with van der Waals surface area (Å²) in [4.78, 5) is 22.3. The summed E-state index contributed by atoms with van der Waals surface area (Å²) in [6.07, 6.45) is 6.04. The molecular weight excluding hydrogens is 461 g/mol. The van der Waals surface area contributed by atoms with E-state index in [1.54, 1.807) is 11.3 Å². The number of aryl methyl sites for hydroxylation is 2. The Hall–Kier alpha value is -0.900. The van der Waals surface area contributed by atoms with Crippen molar-refractivity contribution in [2.75, 3.05) is 19.6 Å². The van der Waals surface area contributed by atoms with Crippen molar-refractivity contribution in [3.63, 3.8) is 0 Å². The van der Waals surface area contributed by atoms with Crippen LogP contribution in [0.4, 0.5) is 0 Å². The van der Waals surface area contributed by atoms with Gasteiger partial charge in [0, 0.05) is 43.4 Å². The third-order valence-electron chi connectivity index (χ3n) is 4.38. The first-order chi connectivity index (χ1) is 12.1. The van der Waals surface area contributed by atoms with Gasteiger partial charge in [-0.1, -0.05) is 12.8 Å². The van der Waals surface area contributed by atoms with Gasteiger partial charge in [0.1, 0.15) is 0 Å². The number of halogens is 1. The van der Waals surface area contributed by atoms with Gasteiger partial charge >= 0.3 is 0 Å². The predicted molar refractivity (Wildman–Crippen MR) is 120 cm³/mol. The third-order valence-corrected chi connectivity index (χ3v) is 5.51. The molecule has 6 nitrogen and oxygen atoms in total. The van der Waals surface area contributed by atoms with Gasteiger partial charge in [0.2, 0.25) is 5.91 Å². The number of rotatable bonds is 8. The van der Waals surface area contributed by atoms with Crippen molar-refractivity contribution in [3.8, 4) is 0 Å². The summed E-state index contributed by atoms with van der Waals surface area (Å²) in [5.74, 6) is 0.894. The van der Waals surface area contributed by atoms with Crippen LogP contribution >= 0.6 is 35.3 Å². The van der Waals surface area contributed by atoms with Crippen molar-refractivity contribution in [1.29, 1.82) is 0 Å². The minimum absolute atomic E-state index is 0. The summed E-state index contributed by atoms with van der Waals surface area (Å²) in [7, 11) is 0. The molecule has 0 bridgehead atoms. The molecule has 2 rings (SSSR count). The molecule has 26 heavy (non-hydrogen) atoms. The van der Waals surface area contributed by atoms with E-state index >= 15 is 0 Å². The highest BCUT2D eigenvalue weighted by Gasteiger charge is 2.16. The standard InChI is InChI=1S/C18H31N5OS.HI/c1-4-19-18(21-12-10-17-22-13(2)14(3)25-17)20-11-9-16(24)23-15-7-5-6-8-15;/h15H,4-12H2,1-3H3,(H,23,24)(H2,19,20,21);1H. The second kappa shape index (κ2) is 12.5. The molecule has 8 heteroatoms. The van der Waals surface area contributed by atoms with Crippen molar-refractivity contribution in [1.82, 2.24) is 20.9 Å². The number of aromatic nitrogens is 1. The van der Waals surface area contributed by atoms with Crippen molar-refractivity contribution in [2.45, 2.75) is 65.3 Å². The smallest absolute Gasteiger partial charge is 0.221 e. The lowest BCUT2D eigenvalue weighted by molar-refractivity contribution is -0.121. The van der Waals surface area contributed by atoms with Crippen molar-refractivity contribution >= 4 is 47.2 Å². The fraction of sp³-hybridized carbons (Fsp3) is 0.722. The lowest BCUT2D eigenvalue weighted by atomic mass is 10.2. The van der Waals surface area contributed by atoms with Crippen molar-refractivity contribution in [3.05, 3.63) is 15.6 Å². The number of hydrogen-bond acceptors (Lipinski definition) is 4. The molecule has 1 aliphatic rings. The molecule has 1 heterocycles.